The van der Waals surface area contributed by atoms with Crippen molar-refractivity contribution in [2.24, 2.45) is 0 Å². The number of nitro groups is 1. The van der Waals surface area contributed by atoms with Crippen molar-refractivity contribution < 1.29 is 22.5 Å². The molecule has 0 aliphatic heterocycles. The topological polar surface area (TPSA) is 69.2 Å². The van der Waals surface area contributed by atoms with E-state index in [1.165, 1.54) is 0 Å². The number of nitrogens with two attached hydrogens (primary N) is 1. The molecule has 0 saturated carbocycles. The first-order chi connectivity index (χ1) is 6.73. The Morgan fingerprint density at radius 3 is 2.20 bits per heavy atom. The number of non-ortho nitro benzene ring substituents is 1. The number of nitrogen functional groups attached to an aromatic ring is 1. The monoisotopic (exact) mass is 224 g/mol. The van der Waals surface area contributed by atoms with Crippen LogP contribution in [0.4, 0.5) is 28.9 Å². The van der Waals surface area contributed by atoms with Gasteiger partial charge in [-0.2, -0.15) is 13.2 Å². The van der Waals surface area contributed by atoms with Gasteiger partial charge in [0.05, 0.1) is 16.7 Å². The molecule has 0 atom stereocenters. The number of nitro benzene ring substituents is 1. The molecule has 0 fully saturated rings. The zero-order chi connectivity index (χ0) is 11.8. The lowest BCUT2D eigenvalue weighted by Crippen LogP contribution is -2.12. The molecule has 8 heteroatoms. The van der Waals surface area contributed by atoms with Crippen molar-refractivity contribution in [2.45, 2.75) is 6.18 Å². The maximum Gasteiger partial charge on any atom is 0.421 e. The summed E-state index contributed by atoms with van der Waals surface area (Å²) >= 11 is 0. The Bertz CT molecular complexity index is 393. The van der Waals surface area contributed by atoms with Crippen LogP contribution >= 0.6 is 0 Å². The molecule has 2 N–H and O–H groups in total. The van der Waals surface area contributed by atoms with Crippen LogP contribution in [0, 0.1) is 15.9 Å². The third kappa shape index (κ3) is 2.14. The predicted molar refractivity (Wildman–Crippen MR) is 42.5 cm³/mol. The third-order valence-corrected chi connectivity index (χ3v) is 1.60. The Kier molecular flexibility index (Phi) is 2.52. The van der Waals surface area contributed by atoms with E-state index in [0.717, 1.165) is 0 Å². The largest absolute Gasteiger partial charge is 0.421 e. The summed E-state index contributed by atoms with van der Waals surface area (Å²) in [6.45, 7) is 0. The zero-order valence-electron chi connectivity index (χ0n) is 7.01. The summed E-state index contributed by atoms with van der Waals surface area (Å²) in [7, 11) is 0. The summed E-state index contributed by atoms with van der Waals surface area (Å²) in [5.74, 6) is -1.76. The zero-order valence-corrected chi connectivity index (χ0v) is 7.01. The third-order valence-electron chi connectivity index (χ3n) is 1.60. The van der Waals surface area contributed by atoms with Crippen molar-refractivity contribution >= 4 is 11.4 Å². The minimum absolute atomic E-state index is 0.180. The molecule has 1 rings (SSSR count). The second kappa shape index (κ2) is 3.37. The van der Waals surface area contributed by atoms with E-state index in [2.05, 4.69) is 0 Å². The van der Waals surface area contributed by atoms with E-state index in [0.29, 0.717) is 6.07 Å². The Hall–Kier alpha value is -1.86. The highest BCUT2D eigenvalue weighted by molar-refractivity contribution is 5.55. The fourth-order valence-corrected chi connectivity index (χ4v) is 1.02. The van der Waals surface area contributed by atoms with Crippen LogP contribution in [-0.4, -0.2) is 4.92 Å². The lowest BCUT2D eigenvalue weighted by Gasteiger charge is -2.10. The minimum Gasteiger partial charge on any atom is -0.398 e. The first kappa shape index (κ1) is 11.2. The number of hydrogen-bond acceptors (Lipinski definition) is 3. The van der Waals surface area contributed by atoms with E-state index in [4.69, 9.17) is 5.73 Å². The van der Waals surface area contributed by atoms with Gasteiger partial charge in [0.2, 0.25) is 0 Å². The molecular weight excluding hydrogens is 220 g/mol. The number of halogens is 4. The molecule has 0 saturated heterocycles. The number of benzene rings is 1. The molecule has 0 bridgehead atoms. The lowest BCUT2D eigenvalue weighted by molar-refractivity contribution is -0.385. The number of nitrogens with zero attached hydrogens (tertiary/aromatic N) is 1. The van der Waals surface area contributed by atoms with Gasteiger partial charge >= 0.3 is 6.18 Å². The molecule has 15 heavy (non-hydrogen) atoms. The molecular formula is C7H4F4N2O2. The van der Waals surface area contributed by atoms with Crippen molar-refractivity contribution in [1.29, 1.82) is 0 Å². The van der Waals surface area contributed by atoms with Crippen LogP contribution in [0.3, 0.4) is 0 Å². The molecule has 4 nitrogen and oxygen atoms in total. The summed E-state index contributed by atoms with van der Waals surface area (Å²) < 4.78 is 49.3. The van der Waals surface area contributed by atoms with Gasteiger partial charge in [0.15, 0.2) is 0 Å². The molecule has 1 aromatic rings. The van der Waals surface area contributed by atoms with Crippen molar-refractivity contribution in [3.63, 3.8) is 0 Å². The van der Waals surface area contributed by atoms with E-state index in [1.807, 2.05) is 0 Å². The molecule has 0 aliphatic carbocycles. The number of rotatable bonds is 1. The Labute approximate surface area is 80.5 Å². The Morgan fingerprint density at radius 2 is 1.87 bits per heavy atom. The van der Waals surface area contributed by atoms with Crippen LogP contribution < -0.4 is 5.73 Å². The van der Waals surface area contributed by atoms with E-state index >= 15 is 0 Å². The second-order valence-electron chi connectivity index (χ2n) is 2.65. The van der Waals surface area contributed by atoms with Gasteiger partial charge in [0.1, 0.15) is 11.4 Å². The van der Waals surface area contributed by atoms with E-state index < -0.39 is 33.9 Å². The highest BCUT2D eigenvalue weighted by atomic mass is 19.4. The standard InChI is InChI=1S/C7H4F4N2O2/c8-4-1-3(13(14)15)2-5(12)6(4)7(9,10)11/h1-2H,12H2. The highest BCUT2D eigenvalue weighted by Gasteiger charge is 2.37. The fourth-order valence-electron chi connectivity index (χ4n) is 1.02. The molecule has 0 aliphatic rings. The van der Waals surface area contributed by atoms with Gasteiger partial charge in [-0.25, -0.2) is 4.39 Å². The van der Waals surface area contributed by atoms with Crippen LogP contribution in [0.1, 0.15) is 5.56 Å². The van der Waals surface area contributed by atoms with Crippen molar-refractivity contribution in [2.75, 3.05) is 5.73 Å². The fraction of sp³-hybridized carbons (Fsp3) is 0.143. The van der Waals surface area contributed by atoms with Gasteiger partial charge in [-0.15, -0.1) is 0 Å². The van der Waals surface area contributed by atoms with Crippen molar-refractivity contribution in [3.8, 4) is 0 Å². The van der Waals surface area contributed by atoms with Crippen LogP contribution in [0.25, 0.3) is 0 Å². The minimum atomic E-state index is -4.97. The SMILES string of the molecule is Nc1cc([N+](=O)[O-])cc(F)c1C(F)(F)F. The van der Waals surface area contributed by atoms with Gasteiger partial charge in [0.25, 0.3) is 5.69 Å². The molecule has 0 spiro atoms. The normalized spacial score (nSPS) is 11.5. The van der Waals surface area contributed by atoms with E-state index in [1.54, 1.807) is 0 Å². The first-order valence-electron chi connectivity index (χ1n) is 3.54. The van der Waals surface area contributed by atoms with E-state index in [9.17, 15) is 27.7 Å². The predicted octanol–water partition coefficient (Wildman–Crippen LogP) is 2.33. The van der Waals surface area contributed by atoms with Gasteiger partial charge in [-0.3, -0.25) is 10.1 Å². The Balaban J connectivity index is 3.41. The van der Waals surface area contributed by atoms with Gasteiger partial charge < -0.3 is 5.73 Å². The molecule has 1 aromatic carbocycles. The van der Waals surface area contributed by atoms with Gasteiger partial charge in [-0.1, -0.05) is 0 Å². The average molecular weight is 224 g/mol. The highest BCUT2D eigenvalue weighted by Crippen LogP contribution is 2.37. The summed E-state index contributed by atoms with van der Waals surface area (Å²) in [5, 5.41) is 10.2. The van der Waals surface area contributed by atoms with Crippen molar-refractivity contribution in [1.82, 2.24) is 0 Å². The molecule has 82 valence electrons. The second-order valence-corrected chi connectivity index (χ2v) is 2.65. The Morgan fingerprint density at radius 1 is 1.33 bits per heavy atom. The average Bonchev–Trinajstić information content (AvgIpc) is 1.99. The summed E-state index contributed by atoms with van der Waals surface area (Å²) in [6.07, 6.45) is -4.97. The van der Waals surface area contributed by atoms with Gasteiger partial charge in [0, 0.05) is 6.07 Å². The quantitative estimate of drug-likeness (QED) is 0.344. The smallest absolute Gasteiger partial charge is 0.398 e. The van der Waals surface area contributed by atoms with Crippen molar-refractivity contribution in [3.05, 3.63) is 33.6 Å². The number of anilines is 1. The number of hydrogen-bond donors (Lipinski definition) is 1. The van der Waals surface area contributed by atoms with Gasteiger partial charge in [-0.05, 0) is 0 Å². The first-order valence-corrected chi connectivity index (χ1v) is 3.54. The maximum absolute atomic E-state index is 12.9. The van der Waals surface area contributed by atoms with Crippen LogP contribution in [-0.2, 0) is 6.18 Å². The lowest BCUT2D eigenvalue weighted by atomic mass is 10.1. The molecule has 0 amide bonds. The van der Waals surface area contributed by atoms with Crippen LogP contribution in [0.15, 0.2) is 12.1 Å². The number of alkyl halides is 3. The molecule has 0 aromatic heterocycles. The summed E-state index contributed by atoms with van der Waals surface area (Å²) in [5.41, 5.74) is 1.37. The van der Waals surface area contributed by atoms with Crippen LogP contribution in [0.2, 0.25) is 0 Å². The molecule has 0 radical (unpaired) electrons. The summed E-state index contributed by atoms with van der Waals surface area (Å²) in [6, 6.07) is 0.644. The van der Waals surface area contributed by atoms with E-state index in [-0.39, 0.29) is 6.07 Å². The van der Waals surface area contributed by atoms with Crippen LogP contribution in [0.5, 0.6) is 0 Å². The summed E-state index contributed by atoms with van der Waals surface area (Å²) in [4.78, 5) is 9.14. The molecule has 0 unspecified atom stereocenters. The maximum atomic E-state index is 12.9. The molecule has 0 heterocycles.